The first-order chi connectivity index (χ1) is 8.81. The van der Waals surface area contributed by atoms with Gasteiger partial charge in [0, 0.05) is 19.0 Å². The van der Waals surface area contributed by atoms with E-state index in [2.05, 4.69) is 29.1 Å². The van der Waals surface area contributed by atoms with Gasteiger partial charge in [-0.1, -0.05) is 13.8 Å². The van der Waals surface area contributed by atoms with Gasteiger partial charge in [0.1, 0.15) is 17.7 Å². The number of nitrogens with zero attached hydrogens (tertiary/aromatic N) is 2. The molecule has 0 atom stereocenters. The summed E-state index contributed by atoms with van der Waals surface area (Å²) in [5, 5.41) is 3.31. The van der Waals surface area contributed by atoms with Crippen molar-refractivity contribution in [1.29, 1.82) is 0 Å². The van der Waals surface area contributed by atoms with Crippen molar-refractivity contribution in [3.8, 4) is 5.88 Å². The second-order valence-corrected chi connectivity index (χ2v) is 4.86. The standard InChI is InChI=1S/C14H23N3O/c1-3-6-12-16-13(15-9-4-2)10-14(17-12)18-11-7-5-8-11/h10-11H,3-9H2,1-2H3,(H,15,16,17). The van der Waals surface area contributed by atoms with Crippen LogP contribution in [-0.2, 0) is 6.42 Å². The van der Waals surface area contributed by atoms with E-state index in [9.17, 15) is 0 Å². The minimum atomic E-state index is 0.369. The summed E-state index contributed by atoms with van der Waals surface area (Å²) >= 11 is 0. The first-order valence-corrected chi connectivity index (χ1v) is 7.10. The van der Waals surface area contributed by atoms with Gasteiger partial charge in [-0.15, -0.1) is 0 Å². The largest absolute Gasteiger partial charge is 0.474 e. The Bertz CT molecular complexity index is 377. The average Bonchev–Trinajstić information content (AvgIpc) is 2.32. The van der Waals surface area contributed by atoms with Gasteiger partial charge in [0.05, 0.1) is 0 Å². The predicted molar refractivity (Wildman–Crippen MR) is 73.1 cm³/mol. The van der Waals surface area contributed by atoms with Crippen LogP contribution in [0.4, 0.5) is 5.82 Å². The number of aryl methyl sites for hydroxylation is 1. The number of anilines is 1. The SMILES string of the molecule is CCCNc1cc(OC2CCC2)nc(CCC)n1. The van der Waals surface area contributed by atoms with E-state index in [1.165, 1.54) is 6.42 Å². The van der Waals surface area contributed by atoms with E-state index in [0.717, 1.165) is 56.2 Å². The lowest BCUT2D eigenvalue weighted by atomic mass is 9.96. The Hall–Kier alpha value is -1.32. The summed E-state index contributed by atoms with van der Waals surface area (Å²) in [5.74, 6) is 2.51. The van der Waals surface area contributed by atoms with E-state index >= 15 is 0 Å². The second-order valence-electron chi connectivity index (χ2n) is 4.86. The third-order valence-electron chi connectivity index (χ3n) is 3.12. The molecule has 1 aliphatic carbocycles. The molecule has 0 aromatic carbocycles. The summed E-state index contributed by atoms with van der Waals surface area (Å²) in [6.07, 6.45) is 7.01. The molecular formula is C14H23N3O. The minimum Gasteiger partial charge on any atom is -0.474 e. The van der Waals surface area contributed by atoms with Crippen LogP contribution in [0, 0.1) is 0 Å². The maximum absolute atomic E-state index is 5.87. The molecule has 1 aromatic heterocycles. The first kappa shape index (κ1) is 13.1. The van der Waals surface area contributed by atoms with Crippen molar-refractivity contribution in [3.63, 3.8) is 0 Å². The Morgan fingerprint density at radius 3 is 2.72 bits per heavy atom. The Kier molecular flexibility index (Phi) is 4.79. The van der Waals surface area contributed by atoms with E-state index in [0.29, 0.717) is 6.10 Å². The molecule has 1 heterocycles. The molecule has 0 amide bonds. The van der Waals surface area contributed by atoms with Gasteiger partial charge in [-0.05, 0) is 32.1 Å². The van der Waals surface area contributed by atoms with E-state index in [4.69, 9.17) is 4.74 Å². The van der Waals surface area contributed by atoms with Gasteiger partial charge in [-0.25, -0.2) is 4.98 Å². The molecule has 4 heteroatoms. The summed E-state index contributed by atoms with van der Waals surface area (Å²) < 4.78 is 5.87. The van der Waals surface area contributed by atoms with Crippen LogP contribution in [0.2, 0.25) is 0 Å². The van der Waals surface area contributed by atoms with Crippen LogP contribution >= 0.6 is 0 Å². The van der Waals surface area contributed by atoms with Crippen molar-refractivity contribution in [2.45, 2.75) is 58.5 Å². The number of ether oxygens (including phenoxy) is 1. The number of nitrogens with one attached hydrogen (secondary N) is 1. The first-order valence-electron chi connectivity index (χ1n) is 7.10. The molecule has 4 nitrogen and oxygen atoms in total. The predicted octanol–water partition coefficient (Wildman–Crippen LogP) is 3.18. The lowest BCUT2D eigenvalue weighted by Gasteiger charge is -2.26. The van der Waals surface area contributed by atoms with E-state index in [1.54, 1.807) is 0 Å². The second kappa shape index (κ2) is 6.57. The molecule has 0 aliphatic heterocycles. The summed E-state index contributed by atoms with van der Waals surface area (Å²) in [6.45, 7) is 5.22. The maximum Gasteiger partial charge on any atom is 0.218 e. The Morgan fingerprint density at radius 1 is 1.28 bits per heavy atom. The summed E-state index contributed by atoms with van der Waals surface area (Å²) in [4.78, 5) is 8.99. The van der Waals surface area contributed by atoms with Gasteiger partial charge in [0.15, 0.2) is 0 Å². The highest BCUT2D eigenvalue weighted by atomic mass is 16.5. The van der Waals surface area contributed by atoms with Crippen LogP contribution in [0.25, 0.3) is 0 Å². The monoisotopic (exact) mass is 249 g/mol. The van der Waals surface area contributed by atoms with Crippen molar-refractivity contribution in [1.82, 2.24) is 9.97 Å². The van der Waals surface area contributed by atoms with Crippen LogP contribution in [-0.4, -0.2) is 22.6 Å². The molecule has 0 unspecified atom stereocenters. The number of hydrogen-bond acceptors (Lipinski definition) is 4. The smallest absolute Gasteiger partial charge is 0.218 e. The number of rotatable bonds is 7. The number of aromatic nitrogens is 2. The lowest BCUT2D eigenvalue weighted by Crippen LogP contribution is -2.25. The van der Waals surface area contributed by atoms with Crippen LogP contribution in [0.15, 0.2) is 6.07 Å². The van der Waals surface area contributed by atoms with Crippen molar-refractivity contribution >= 4 is 5.82 Å². The molecular weight excluding hydrogens is 226 g/mol. The van der Waals surface area contributed by atoms with Crippen molar-refractivity contribution in [2.24, 2.45) is 0 Å². The fourth-order valence-corrected chi connectivity index (χ4v) is 1.87. The van der Waals surface area contributed by atoms with Crippen LogP contribution in [0.5, 0.6) is 5.88 Å². The molecule has 0 radical (unpaired) electrons. The van der Waals surface area contributed by atoms with Gasteiger partial charge in [-0.3, -0.25) is 0 Å². The van der Waals surface area contributed by atoms with Gasteiger partial charge >= 0.3 is 0 Å². The van der Waals surface area contributed by atoms with E-state index < -0.39 is 0 Å². The fraction of sp³-hybridized carbons (Fsp3) is 0.714. The zero-order valence-corrected chi connectivity index (χ0v) is 11.4. The third kappa shape index (κ3) is 3.59. The highest BCUT2D eigenvalue weighted by molar-refractivity contribution is 5.38. The molecule has 18 heavy (non-hydrogen) atoms. The van der Waals surface area contributed by atoms with Crippen LogP contribution in [0.3, 0.4) is 0 Å². The zero-order valence-electron chi connectivity index (χ0n) is 11.4. The molecule has 1 N–H and O–H groups in total. The summed E-state index contributed by atoms with van der Waals surface area (Å²) in [6, 6.07) is 1.92. The topological polar surface area (TPSA) is 47.0 Å². The molecule has 1 fully saturated rings. The number of hydrogen-bond donors (Lipinski definition) is 1. The normalized spacial score (nSPS) is 15.2. The quantitative estimate of drug-likeness (QED) is 0.806. The van der Waals surface area contributed by atoms with E-state index in [1.807, 2.05) is 6.07 Å². The van der Waals surface area contributed by atoms with E-state index in [-0.39, 0.29) is 0 Å². The highest BCUT2D eigenvalue weighted by Crippen LogP contribution is 2.25. The summed E-state index contributed by atoms with van der Waals surface area (Å²) in [5.41, 5.74) is 0. The van der Waals surface area contributed by atoms with Crippen molar-refractivity contribution in [2.75, 3.05) is 11.9 Å². The molecule has 1 aromatic rings. The van der Waals surface area contributed by atoms with Gasteiger partial charge < -0.3 is 10.1 Å². The van der Waals surface area contributed by atoms with Gasteiger partial charge in [0.2, 0.25) is 5.88 Å². The average molecular weight is 249 g/mol. The Labute approximate surface area is 109 Å². The van der Waals surface area contributed by atoms with Crippen molar-refractivity contribution in [3.05, 3.63) is 11.9 Å². The molecule has 0 spiro atoms. The Balaban J connectivity index is 2.07. The molecule has 2 rings (SSSR count). The van der Waals surface area contributed by atoms with Gasteiger partial charge in [-0.2, -0.15) is 4.98 Å². The summed E-state index contributed by atoms with van der Waals surface area (Å²) in [7, 11) is 0. The van der Waals surface area contributed by atoms with Crippen LogP contribution < -0.4 is 10.1 Å². The molecule has 1 saturated carbocycles. The molecule has 0 bridgehead atoms. The fourth-order valence-electron chi connectivity index (χ4n) is 1.87. The van der Waals surface area contributed by atoms with Gasteiger partial charge in [0.25, 0.3) is 0 Å². The van der Waals surface area contributed by atoms with Crippen LogP contribution in [0.1, 0.15) is 51.8 Å². The molecule has 1 aliphatic rings. The maximum atomic E-state index is 5.87. The lowest BCUT2D eigenvalue weighted by molar-refractivity contribution is 0.114. The Morgan fingerprint density at radius 2 is 2.11 bits per heavy atom. The third-order valence-corrected chi connectivity index (χ3v) is 3.12. The van der Waals surface area contributed by atoms with Crippen molar-refractivity contribution < 1.29 is 4.74 Å². The minimum absolute atomic E-state index is 0.369. The molecule has 0 saturated heterocycles. The zero-order chi connectivity index (χ0) is 12.8. The highest BCUT2D eigenvalue weighted by Gasteiger charge is 2.20. The molecule has 100 valence electrons.